The fourth-order valence-electron chi connectivity index (χ4n) is 1.51. The second kappa shape index (κ2) is 6.21. The molecule has 0 atom stereocenters. The van der Waals surface area contributed by atoms with Gasteiger partial charge in [0, 0.05) is 0 Å². The van der Waals surface area contributed by atoms with Crippen LogP contribution in [0.3, 0.4) is 0 Å². The Labute approximate surface area is 135 Å². The zero-order valence-electron chi connectivity index (χ0n) is 10.00. The van der Waals surface area contributed by atoms with Crippen LogP contribution in [-0.4, -0.2) is 21.6 Å². The molecule has 0 bridgehead atoms. The molecule has 3 aromatic rings. The molecule has 1 aromatic carbocycles. The zero-order valence-corrected chi connectivity index (χ0v) is 14.0. The third-order valence-electron chi connectivity index (χ3n) is 2.32. The van der Waals surface area contributed by atoms with Gasteiger partial charge in [-0.1, -0.05) is 35.2 Å². The standard InChI is InChI=1S/C12H8BrN3OS3/c13-9-5-14-11(20-9)16-10(17)6-18-12-15-7-3-1-2-4-8(7)19-12/h1-5H,6H2,(H,14,16,17). The summed E-state index contributed by atoms with van der Waals surface area (Å²) in [6.07, 6.45) is 1.67. The first kappa shape index (κ1) is 14.0. The Morgan fingerprint density at radius 2 is 2.20 bits per heavy atom. The molecular weight excluding hydrogens is 378 g/mol. The molecule has 2 heterocycles. The van der Waals surface area contributed by atoms with Crippen molar-refractivity contribution in [2.24, 2.45) is 0 Å². The summed E-state index contributed by atoms with van der Waals surface area (Å²) in [5.41, 5.74) is 0.976. The first-order valence-electron chi connectivity index (χ1n) is 5.60. The summed E-state index contributed by atoms with van der Waals surface area (Å²) in [5.74, 6) is 0.257. The number of benzene rings is 1. The molecular formula is C12H8BrN3OS3. The summed E-state index contributed by atoms with van der Waals surface area (Å²) >= 11 is 7.74. The van der Waals surface area contributed by atoms with Crippen molar-refractivity contribution in [3.05, 3.63) is 34.2 Å². The molecule has 8 heteroatoms. The minimum absolute atomic E-state index is 0.0730. The number of hydrogen-bond acceptors (Lipinski definition) is 6. The summed E-state index contributed by atoms with van der Waals surface area (Å²) < 4.78 is 2.94. The predicted octanol–water partition coefficient (Wildman–Crippen LogP) is 4.25. The van der Waals surface area contributed by atoms with E-state index in [1.54, 1.807) is 17.5 Å². The van der Waals surface area contributed by atoms with Crippen LogP contribution in [0.15, 0.2) is 38.6 Å². The lowest BCUT2D eigenvalue weighted by molar-refractivity contribution is -0.113. The highest BCUT2D eigenvalue weighted by Crippen LogP contribution is 2.29. The number of amides is 1. The number of nitrogens with zero attached hydrogens (tertiary/aromatic N) is 2. The molecule has 0 spiro atoms. The topological polar surface area (TPSA) is 54.9 Å². The number of fused-ring (bicyclic) bond motifs is 1. The number of thiazole rings is 2. The van der Waals surface area contributed by atoms with Gasteiger partial charge in [-0.3, -0.25) is 4.79 Å². The minimum atomic E-state index is -0.0730. The van der Waals surface area contributed by atoms with Crippen LogP contribution < -0.4 is 5.32 Å². The Kier molecular flexibility index (Phi) is 4.35. The molecule has 0 radical (unpaired) electrons. The maximum Gasteiger partial charge on any atom is 0.236 e. The Balaban J connectivity index is 1.59. The number of para-hydroxylation sites is 1. The van der Waals surface area contributed by atoms with E-state index in [1.165, 1.54) is 23.1 Å². The highest BCUT2D eigenvalue weighted by molar-refractivity contribution is 9.11. The van der Waals surface area contributed by atoms with Gasteiger partial charge in [-0.05, 0) is 28.1 Å². The number of nitrogens with one attached hydrogen (secondary N) is 1. The van der Waals surface area contributed by atoms with E-state index >= 15 is 0 Å². The molecule has 0 saturated carbocycles. The molecule has 0 aliphatic carbocycles. The van der Waals surface area contributed by atoms with Gasteiger partial charge in [0.25, 0.3) is 0 Å². The van der Waals surface area contributed by atoms with Crippen LogP contribution in [0.1, 0.15) is 0 Å². The molecule has 0 fully saturated rings. The van der Waals surface area contributed by atoms with Crippen molar-refractivity contribution in [1.82, 2.24) is 9.97 Å². The molecule has 0 saturated heterocycles. The second-order valence-electron chi connectivity index (χ2n) is 3.75. The van der Waals surface area contributed by atoms with Crippen molar-refractivity contribution in [2.45, 2.75) is 4.34 Å². The molecule has 3 rings (SSSR count). The van der Waals surface area contributed by atoms with Crippen LogP contribution >= 0.6 is 50.4 Å². The first-order valence-corrected chi connectivity index (χ1v) is 9.01. The van der Waals surface area contributed by atoms with Crippen molar-refractivity contribution >= 4 is 71.6 Å². The Morgan fingerprint density at radius 3 is 2.95 bits per heavy atom. The van der Waals surface area contributed by atoms with Gasteiger partial charge >= 0.3 is 0 Å². The lowest BCUT2D eigenvalue weighted by atomic mass is 10.3. The molecule has 2 aromatic heterocycles. The molecule has 1 amide bonds. The van der Waals surface area contributed by atoms with Crippen molar-refractivity contribution in [2.75, 3.05) is 11.1 Å². The number of rotatable bonds is 4. The molecule has 0 aliphatic heterocycles. The lowest BCUT2D eigenvalue weighted by Gasteiger charge is -1.98. The number of anilines is 1. The average molecular weight is 386 g/mol. The van der Waals surface area contributed by atoms with Crippen molar-refractivity contribution in [3.8, 4) is 0 Å². The Bertz CT molecular complexity index is 722. The molecule has 0 unspecified atom stereocenters. The summed E-state index contributed by atoms with van der Waals surface area (Å²) in [5, 5.41) is 3.36. The number of carbonyl (C=O) groups is 1. The van der Waals surface area contributed by atoms with Crippen molar-refractivity contribution in [1.29, 1.82) is 0 Å². The Hall–Kier alpha value is -0.960. The van der Waals surface area contributed by atoms with Gasteiger partial charge in [0.2, 0.25) is 5.91 Å². The summed E-state index contributed by atoms with van der Waals surface area (Å²) in [6, 6.07) is 7.96. The zero-order chi connectivity index (χ0) is 13.9. The third kappa shape index (κ3) is 3.38. The van der Waals surface area contributed by atoms with Gasteiger partial charge in [0.05, 0.1) is 26.0 Å². The second-order valence-corrected chi connectivity index (χ2v) is 8.42. The van der Waals surface area contributed by atoms with E-state index in [9.17, 15) is 4.79 Å². The van der Waals surface area contributed by atoms with E-state index in [0.29, 0.717) is 10.9 Å². The molecule has 102 valence electrons. The van der Waals surface area contributed by atoms with E-state index in [4.69, 9.17) is 0 Å². The third-order valence-corrected chi connectivity index (χ3v) is 5.90. The summed E-state index contributed by atoms with van der Waals surface area (Å²) in [6.45, 7) is 0. The van der Waals surface area contributed by atoms with Crippen molar-refractivity contribution in [3.63, 3.8) is 0 Å². The molecule has 4 nitrogen and oxygen atoms in total. The lowest BCUT2D eigenvalue weighted by Crippen LogP contribution is -2.13. The van der Waals surface area contributed by atoms with Gasteiger partial charge in [-0.15, -0.1) is 11.3 Å². The minimum Gasteiger partial charge on any atom is -0.301 e. The quantitative estimate of drug-likeness (QED) is 0.682. The van der Waals surface area contributed by atoms with Gasteiger partial charge < -0.3 is 5.32 Å². The van der Waals surface area contributed by atoms with Gasteiger partial charge in [-0.25, -0.2) is 9.97 Å². The Morgan fingerprint density at radius 1 is 1.35 bits per heavy atom. The number of hydrogen-bond donors (Lipinski definition) is 1. The van der Waals surface area contributed by atoms with Gasteiger partial charge in [0.15, 0.2) is 9.47 Å². The first-order chi connectivity index (χ1) is 9.70. The molecule has 1 N–H and O–H groups in total. The fourth-order valence-corrected chi connectivity index (χ4v) is 4.50. The SMILES string of the molecule is O=C(CSc1nc2ccccc2s1)Nc1ncc(Br)s1. The number of carbonyl (C=O) groups excluding carboxylic acids is 1. The molecule has 0 aliphatic rings. The predicted molar refractivity (Wildman–Crippen MR) is 88.8 cm³/mol. The van der Waals surface area contributed by atoms with Crippen LogP contribution in [0.5, 0.6) is 0 Å². The largest absolute Gasteiger partial charge is 0.301 e. The molecule has 20 heavy (non-hydrogen) atoms. The number of halogens is 1. The smallest absolute Gasteiger partial charge is 0.236 e. The highest BCUT2D eigenvalue weighted by atomic mass is 79.9. The summed E-state index contributed by atoms with van der Waals surface area (Å²) in [7, 11) is 0. The van der Waals surface area contributed by atoms with E-state index in [2.05, 4.69) is 31.2 Å². The highest BCUT2D eigenvalue weighted by Gasteiger charge is 2.09. The average Bonchev–Trinajstić information content (AvgIpc) is 3.02. The normalized spacial score (nSPS) is 10.8. The van der Waals surface area contributed by atoms with Crippen LogP contribution in [0.4, 0.5) is 5.13 Å². The van der Waals surface area contributed by atoms with Crippen molar-refractivity contribution < 1.29 is 4.79 Å². The van der Waals surface area contributed by atoms with E-state index < -0.39 is 0 Å². The summed E-state index contributed by atoms with van der Waals surface area (Å²) in [4.78, 5) is 20.3. The maximum atomic E-state index is 11.8. The van der Waals surface area contributed by atoms with Crippen LogP contribution in [0.25, 0.3) is 10.2 Å². The van der Waals surface area contributed by atoms with Gasteiger partial charge in [0.1, 0.15) is 0 Å². The fraction of sp³-hybridized carbons (Fsp3) is 0.0833. The number of aromatic nitrogens is 2. The number of thioether (sulfide) groups is 1. The van der Waals surface area contributed by atoms with Crippen LogP contribution in [0, 0.1) is 0 Å². The van der Waals surface area contributed by atoms with E-state index in [1.807, 2.05) is 24.3 Å². The van der Waals surface area contributed by atoms with E-state index in [0.717, 1.165) is 18.3 Å². The van der Waals surface area contributed by atoms with Gasteiger partial charge in [-0.2, -0.15) is 0 Å². The monoisotopic (exact) mass is 385 g/mol. The van der Waals surface area contributed by atoms with Crippen LogP contribution in [0.2, 0.25) is 0 Å². The van der Waals surface area contributed by atoms with Crippen LogP contribution in [-0.2, 0) is 4.79 Å². The maximum absolute atomic E-state index is 11.8. The van der Waals surface area contributed by atoms with E-state index in [-0.39, 0.29) is 5.91 Å².